The fraction of sp³-hybridized carbons (Fsp3) is 0.889. The molecular weight excluding hydrogens is 232 g/mol. The highest BCUT2D eigenvalue weighted by molar-refractivity contribution is 7.87. The lowest BCUT2D eigenvalue weighted by Crippen LogP contribution is -2.36. The second-order valence-electron chi connectivity index (χ2n) is 3.57. The van der Waals surface area contributed by atoms with Crippen LogP contribution in [0.4, 0.5) is 0 Å². The summed E-state index contributed by atoms with van der Waals surface area (Å²) in [6, 6.07) is 0. The quantitative estimate of drug-likeness (QED) is 0.491. The Labute approximate surface area is 97.1 Å². The van der Waals surface area contributed by atoms with Gasteiger partial charge in [0.05, 0.1) is 7.11 Å². The molecule has 0 heterocycles. The fourth-order valence-corrected chi connectivity index (χ4v) is 1.66. The second-order valence-corrected chi connectivity index (χ2v) is 5.54. The number of ether oxygens (including phenoxy) is 1. The molecule has 0 radical (unpaired) electrons. The van der Waals surface area contributed by atoms with Crippen LogP contribution in [-0.4, -0.2) is 46.4 Å². The fourth-order valence-electron chi connectivity index (χ4n) is 1.00. The van der Waals surface area contributed by atoms with Gasteiger partial charge in [-0.05, 0) is 12.8 Å². The summed E-state index contributed by atoms with van der Waals surface area (Å²) < 4.78 is 30.6. The topological polar surface area (TPSA) is 75.7 Å². The number of unbranched alkanes of at least 4 members (excludes halogenated alkanes) is 2. The first-order valence-corrected chi connectivity index (χ1v) is 6.58. The van der Waals surface area contributed by atoms with E-state index in [1.54, 1.807) is 0 Å². The summed E-state index contributed by atoms with van der Waals surface area (Å²) in [7, 11) is 0.984. The molecule has 16 heavy (non-hydrogen) atoms. The SMILES string of the molecule is COC(=O)CCCCCNS(=O)(=O)N(C)C. The Morgan fingerprint density at radius 1 is 1.25 bits per heavy atom. The molecule has 0 atom stereocenters. The molecule has 0 saturated heterocycles. The van der Waals surface area contributed by atoms with Crippen molar-refractivity contribution in [1.29, 1.82) is 0 Å². The van der Waals surface area contributed by atoms with E-state index in [-0.39, 0.29) is 5.97 Å². The minimum absolute atomic E-state index is 0.228. The van der Waals surface area contributed by atoms with Gasteiger partial charge < -0.3 is 4.74 Å². The van der Waals surface area contributed by atoms with Gasteiger partial charge in [0.2, 0.25) is 0 Å². The number of carbonyl (C=O) groups is 1. The van der Waals surface area contributed by atoms with Gasteiger partial charge in [-0.1, -0.05) is 6.42 Å². The Morgan fingerprint density at radius 3 is 2.38 bits per heavy atom. The van der Waals surface area contributed by atoms with E-state index in [2.05, 4.69) is 9.46 Å². The largest absolute Gasteiger partial charge is 0.469 e. The highest BCUT2D eigenvalue weighted by Crippen LogP contribution is 2.00. The van der Waals surface area contributed by atoms with Gasteiger partial charge in [0.15, 0.2) is 0 Å². The van der Waals surface area contributed by atoms with Crippen molar-refractivity contribution in [3.8, 4) is 0 Å². The smallest absolute Gasteiger partial charge is 0.305 e. The average molecular weight is 252 g/mol. The van der Waals surface area contributed by atoms with Gasteiger partial charge in [-0.3, -0.25) is 4.79 Å². The normalized spacial score (nSPS) is 11.8. The van der Waals surface area contributed by atoms with Crippen molar-refractivity contribution in [2.24, 2.45) is 0 Å². The summed E-state index contributed by atoms with van der Waals surface area (Å²) in [5, 5.41) is 0. The minimum Gasteiger partial charge on any atom is -0.469 e. The lowest BCUT2D eigenvalue weighted by molar-refractivity contribution is -0.140. The molecule has 0 amide bonds. The molecule has 0 unspecified atom stereocenters. The summed E-state index contributed by atoms with van der Waals surface area (Å²) in [6.07, 6.45) is 2.61. The molecule has 0 bridgehead atoms. The molecule has 96 valence electrons. The van der Waals surface area contributed by atoms with Crippen LogP contribution in [0, 0.1) is 0 Å². The van der Waals surface area contributed by atoms with Crippen molar-refractivity contribution >= 4 is 16.2 Å². The Kier molecular flexibility index (Phi) is 7.27. The Hall–Kier alpha value is -0.660. The molecule has 0 aliphatic carbocycles. The maximum Gasteiger partial charge on any atom is 0.305 e. The monoisotopic (exact) mass is 252 g/mol. The summed E-state index contributed by atoms with van der Waals surface area (Å²) in [5.74, 6) is -0.228. The third-order valence-electron chi connectivity index (χ3n) is 2.05. The van der Waals surface area contributed by atoms with E-state index in [9.17, 15) is 13.2 Å². The number of hydrogen-bond donors (Lipinski definition) is 1. The van der Waals surface area contributed by atoms with Crippen LogP contribution in [0.5, 0.6) is 0 Å². The van der Waals surface area contributed by atoms with Crippen LogP contribution in [0.2, 0.25) is 0 Å². The van der Waals surface area contributed by atoms with Gasteiger partial charge in [-0.25, -0.2) is 4.72 Å². The van der Waals surface area contributed by atoms with Crippen molar-refractivity contribution in [3.05, 3.63) is 0 Å². The lowest BCUT2D eigenvalue weighted by atomic mass is 10.2. The first-order valence-electron chi connectivity index (χ1n) is 5.14. The highest BCUT2D eigenvalue weighted by Gasteiger charge is 2.11. The lowest BCUT2D eigenvalue weighted by Gasteiger charge is -2.11. The Bertz CT molecular complexity index is 301. The molecule has 0 saturated carbocycles. The molecule has 0 fully saturated rings. The van der Waals surface area contributed by atoms with E-state index < -0.39 is 10.2 Å². The molecular formula is C9H20N2O4S. The first kappa shape index (κ1) is 15.3. The molecule has 0 aromatic carbocycles. The number of nitrogens with zero attached hydrogens (tertiary/aromatic N) is 1. The van der Waals surface area contributed by atoms with E-state index >= 15 is 0 Å². The molecule has 0 rings (SSSR count). The van der Waals surface area contributed by atoms with Crippen LogP contribution < -0.4 is 4.72 Å². The Balaban J connectivity index is 3.52. The zero-order chi connectivity index (χ0) is 12.6. The minimum atomic E-state index is -3.31. The highest BCUT2D eigenvalue weighted by atomic mass is 32.2. The second kappa shape index (κ2) is 7.59. The van der Waals surface area contributed by atoms with Crippen LogP contribution in [0.25, 0.3) is 0 Å². The van der Waals surface area contributed by atoms with Crippen LogP contribution in [0.3, 0.4) is 0 Å². The van der Waals surface area contributed by atoms with Crippen molar-refractivity contribution in [2.75, 3.05) is 27.7 Å². The number of nitrogens with one attached hydrogen (secondary N) is 1. The third kappa shape index (κ3) is 6.76. The van der Waals surface area contributed by atoms with Crippen molar-refractivity contribution in [1.82, 2.24) is 9.03 Å². The number of carbonyl (C=O) groups excluding carboxylic acids is 1. The van der Waals surface area contributed by atoms with Crippen molar-refractivity contribution in [2.45, 2.75) is 25.7 Å². The molecule has 6 nitrogen and oxygen atoms in total. The molecule has 0 aliphatic rings. The summed E-state index contributed by atoms with van der Waals surface area (Å²) in [5.41, 5.74) is 0. The van der Waals surface area contributed by atoms with E-state index in [0.717, 1.165) is 17.1 Å². The van der Waals surface area contributed by atoms with Crippen molar-refractivity contribution in [3.63, 3.8) is 0 Å². The van der Waals surface area contributed by atoms with Gasteiger partial charge in [0.25, 0.3) is 10.2 Å². The zero-order valence-electron chi connectivity index (χ0n) is 10.0. The maximum atomic E-state index is 11.3. The van der Waals surface area contributed by atoms with E-state index in [1.165, 1.54) is 21.2 Å². The zero-order valence-corrected chi connectivity index (χ0v) is 10.8. The molecule has 1 N–H and O–H groups in total. The molecule has 0 aliphatic heterocycles. The van der Waals surface area contributed by atoms with Crippen molar-refractivity contribution < 1.29 is 17.9 Å². The van der Waals surface area contributed by atoms with E-state index in [4.69, 9.17) is 0 Å². The third-order valence-corrected chi connectivity index (χ3v) is 3.58. The van der Waals surface area contributed by atoms with Gasteiger partial charge in [0.1, 0.15) is 0 Å². The van der Waals surface area contributed by atoms with Gasteiger partial charge >= 0.3 is 5.97 Å². The number of methoxy groups -OCH3 is 1. The molecule has 0 aromatic heterocycles. The predicted molar refractivity (Wildman–Crippen MR) is 61.1 cm³/mol. The van der Waals surface area contributed by atoms with Crippen LogP contribution in [-0.2, 0) is 19.7 Å². The first-order chi connectivity index (χ1) is 7.40. The predicted octanol–water partition coefficient (Wildman–Crippen LogP) is 0.116. The molecule has 0 spiro atoms. The molecule has 7 heteroatoms. The van der Waals surface area contributed by atoms with Gasteiger partial charge in [-0.15, -0.1) is 0 Å². The van der Waals surface area contributed by atoms with Crippen LogP contribution in [0.15, 0.2) is 0 Å². The van der Waals surface area contributed by atoms with Crippen LogP contribution in [0.1, 0.15) is 25.7 Å². The summed E-state index contributed by atoms with van der Waals surface area (Å²) in [6.45, 7) is 0.391. The van der Waals surface area contributed by atoms with E-state index in [1.807, 2.05) is 0 Å². The Morgan fingerprint density at radius 2 is 1.88 bits per heavy atom. The van der Waals surface area contributed by atoms with E-state index in [0.29, 0.717) is 19.4 Å². The van der Waals surface area contributed by atoms with Gasteiger partial charge in [-0.2, -0.15) is 12.7 Å². The summed E-state index contributed by atoms with van der Waals surface area (Å²) in [4.78, 5) is 10.8. The number of rotatable bonds is 8. The maximum absolute atomic E-state index is 11.3. The summed E-state index contributed by atoms with van der Waals surface area (Å²) >= 11 is 0. The number of esters is 1. The van der Waals surface area contributed by atoms with Gasteiger partial charge in [0, 0.05) is 27.1 Å². The average Bonchev–Trinajstić information content (AvgIpc) is 2.22. The molecule has 0 aromatic rings. The number of hydrogen-bond acceptors (Lipinski definition) is 4. The standard InChI is InChI=1S/C9H20N2O4S/c1-11(2)16(13,14)10-8-6-4-5-7-9(12)15-3/h10H,4-8H2,1-3H3. The van der Waals surface area contributed by atoms with Crippen LogP contribution >= 0.6 is 0 Å².